The van der Waals surface area contributed by atoms with E-state index >= 15 is 0 Å². The second kappa shape index (κ2) is 6.96. The number of rotatable bonds is 5. The average molecular weight is 382 g/mol. The summed E-state index contributed by atoms with van der Waals surface area (Å²) in [4.78, 5) is 27.8. The summed E-state index contributed by atoms with van der Waals surface area (Å²) < 4.78 is 7.19. The van der Waals surface area contributed by atoms with Gasteiger partial charge in [0, 0.05) is 43.0 Å². The van der Waals surface area contributed by atoms with Crippen molar-refractivity contribution >= 4 is 17.5 Å². The van der Waals surface area contributed by atoms with Crippen LogP contribution < -0.4 is 10.1 Å². The molecule has 7 nitrogen and oxygen atoms in total. The van der Waals surface area contributed by atoms with E-state index in [1.54, 1.807) is 13.2 Å². The summed E-state index contributed by atoms with van der Waals surface area (Å²) in [6.07, 6.45) is 2.18. The fraction of sp³-hybridized carbons (Fsp3) is 0.476. The van der Waals surface area contributed by atoms with Crippen LogP contribution in [0.2, 0.25) is 0 Å². The topological polar surface area (TPSA) is 76.5 Å². The Morgan fingerprint density at radius 2 is 2.11 bits per heavy atom. The number of amides is 2. The largest absolute Gasteiger partial charge is 0.497 e. The third-order valence-corrected chi connectivity index (χ3v) is 5.85. The second-order valence-electron chi connectivity index (χ2n) is 7.73. The highest BCUT2D eigenvalue weighted by molar-refractivity contribution is 6.01. The Morgan fingerprint density at radius 3 is 2.71 bits per heavy atom. The van der Waals surface area contributed by atoms with Crippen LogP contribution in [-0.4, -0.2) is 39.6 Å². The standard InChI is InChI=1S/C21H26N4O3/c1-12-18(13(2)24(3)23-12)11-25(14-5-6-14)21(27)17-10-20(26)22-19-8-7-15(28-4)9-16(17)19/h7-9,14,17H,5-6,10-11H2,1-4H3,(H,22,26)/t17-/m1/s1. The molecule has 2 amide bonds. The summed E-state index contributed by atoms with van der Waals surface area (Å²) in [6.45, 7) is 4.54. The minimum Gasteiger partial charge on any atom is -0.497 e. The number of hydrogen-bond acceptors (Lipinski definition) is 4. The summed E-state index contributed by atoms with van der Waals surface area (Å²) in [5.41, 5.74) is 4.63. The normalized spacial score (nSPS) is 18.4. The van der Waals surface area contributed by atoms with Gasteiger partial charge in [-0.1, -0.05) is 0 Å². The molecule has 2 aliphatic rings. The molecule has 0 radical (unpaired) electrons. The highest BCUT2D eigenvalue weighted by Crippen LogP contribution is 2.39. The molecule has 0 bridgehead atoms. The van der Waals surface area contributed by atoms with E-state index in [1.807, 2.05) is 42.6 Å². The van der Waals surface area contributed by atoms with Gasteiger partial charge in [-0.25, -0.2) is 0 Å². The Balaban J connectivity index is 1.67. The molecule has 1 N–H and O–H groups in total. The first-order valence-corrected chi connectivity index (χ1v) is 9.66. The van der Waals surface area contributed by atoms with E-state index in [-0.39, 0.29) is 24.3 Å². The monoisotopic (exact) mass is 382 g/mol. The molecule has 1 aliphatic carbocycles. The van der Waals surface area contributed by atoms with Gasteiger partial charge in [0.05, 0.1) is 18.7 Å². The SMILES string of the molecule is COc1ccc2c(c1)[C@H](C(=O)N(Cc1c(C)nn(C)c1C)C1CC1)CC(=O)N2. The number of aryl methyl sites for hydroxylation is 2. The molecule has 0 spiro atoms. The van der Waals surface area contributed by atoms with Crippen molar-refractivity contribution in [1.82, 2.24) is 14.7 Å². The summed E-state index contributed by atoms with van der Waals surface area (Å²) in [7, 11) is 3.52. The second-order valence-corrected chi connectivity index (χ2v) is 7.73. The van der Waals surface area contributed by atoms with Gasteiger partial charge in [-0.05, 0) is 50.5 Å². The number of anilines is 1. The number of carbonyl (C=O) groups excluding carboxylic acids is 2. The number of aromatic nitrogens is 2. The molecule has 1 fully saturated rings. The van der Waals surface area contributed by atoms with Gasteiger partial charge in [0.1, 0.15) is 5.75 Å². The lowest BCUT2D eigenvalue weighted by Crippen LogP contribution is -2.39. The molecule has 0 unspecified atom stereocenters. The van der Waals surface area contributed by atoms with Crippen LogP contribution in [0.3, 0.4) is 0 Å². The summed E-state index contributed by atoms with van der Waals surface area (Å²) in [6, 6.07) is 5.71. The predicted molar refractivity (Wildman–Crippen MR) is 105 cm³/mol. The maximum absolute atomic E-state index is 13.6. The molecule has 1 atom stereocenters. The highest BCUT2D eigenvalue weighted by atomic mass is 16.5. The van der Waals surface area contributed by atoms with Crippen LogP contribution in [0.15, 0.2) is 18.2 Å². The van der Waals surface area contributed by atoms with E-state index in [0.717, 1.165) is 35.4 Å². The van der Waals surface area contributed by atoms with Crippen molar-refractivity contribution in [3.8, 4) is 5.75 Å². The predicted octanol–water partition coefficient (Wildman–Crippen LogP) is 2.66. The van der Waals surface area contributed by atoms with Gasteiger partial charge in [-0.2, -0.15) is 5.10 Å². The van der Waals surface area contributed by atoms with Gasteiger partial charge < -0.3 is 15.0 Å². The van der Waals surface area contributed by atoms with E-state index in [2.05, 4.69) is 10.4 Å². The summed E-state index contributed by atoms with van der Waals surface area (Å²) >= 11 is 0. The Labute approximate surface area is 164 Å². The van der Waals surface area contributed by atoms with E-state index in [1.165, 1.54) is 0 Å². The maximum Gasteiger partial charge on any atom is 0.231 e. The van der Waals surface area contributed by atoms with Crippen molar-refractivity contribution in [2.45, 2.75) is 51.6 Å². The van der Waals surface area contributed by atoms with E-state index in [0.29, 0.717) is 18.0 Å². The van der Waals surface area contributed by atoms with Crippen molar-refractivity contribution < 1.29 is 14.3 Å². The van der Waals surface area contributed by atoms with E-state index < -0.39 is 5.92 Å². The molecule has 2 heterocycles. The molecule has 7 heteroatoms. The average Bonchev–Trinajstić information content (AvgIpc) is 3.48. The molecule has 28 heavy (non-hydrogen) atoms. The van der Waals surface area contributed by atoms with E-state index in [4.69, 9.17) is 4.74 Å². The Bertz CT molecular complexity index is 945. The number of nitrogens with zero attached hydrogens (tertiary/aromatic N) is 3. The van der Waals surface area contributed by atoms with Crippen LogP contribution >= 0.6 is 0 Å². The molecule has 0 saturated heterocycles. The minimum absolute atomic E-state index is 0.00880. The third kappa shape index (κ3) is 3.25. The van der Waals surface area contributed by atoms with Crippen LogP contribution in [0.4, 0.5) is 5.69 Å². The Hall–Kier alpha value is -2.83. The zero-order chi connectivity index (χ0) is 20.0. The molecule has 1 saturated carbocycles. The van der Waals surface area contributed by atoms with Crippen molar-refractivity contribution in [2.24, 2.45) is 7.05 Å². The fourth-order valence-electron chi connectivity index (χ4n) is 3.98. The number of ether oxygens (including phenoxy) is 1. The molecule has 1 aromatic carbocycles. The van der Waals surface area contributed by atoms with Crippen molar-refractivity contribution in [2.75, 3.05) is 12.4 Å². The van der Waals surface area contributed by atoms with E-state index in [9.17, 15) is 9.59 Å². The lowest BCUT2D eigenvalue weighted by molar-refractivity contribution is -0.136. The molecular formula is C21H26N4O3. The lowest BCUT2D eigenvalue weighted by atomic mass is 9.88. The lowest BCUT2D eigenvalue weighted by Gasteiger charge is -2.31. The maximum atomic E-state index is 13.6. The number of nitrogens with one attached hydrogen (secondary N) is 1. The van der Waals surface area contributed by atoms with Gasteiger partial charge in [-0.15, -0.1) is 0 Å². The molecule has 2 aromatic rings. The number of carbonyl (C=O) groups is 2. The van der Waals surface area contributed by atoms with Gasteiger partial charge >= 0.3 is 0 Å². The Morgan fingerprint density at radius 1 is 1.36 bits per heavy atom. The van der Waals surface area contributed by atoms with Crippen LogP contribution in [0.5, 0.6) is 5.75 Å². The number of fused-ring (bicyclic) bond motifs is 1. The zero-order valence-electron chi connectivity index (χ0n) is 16.8. The van der Waals surface area contributed by atoms with Crippen LogP contribution in [0.25, 0.3) is 0 Å². The molecule has 4 rings (SSSR count). The van der Waals surface area contributed by atoms with Gasteiger partial charge in [-0.3, -0.25) is 14.3 Å². The third-order valence-electron chi connectivity index (χ3n) is 5.85. The van der Waals surface area contributed by atoms with Gasteiger partial charge in [0.2, 0.25) is 11.8 Å². The molecular weight excluding hydrogens is 356 g/mol. The Kier molecular flexibility index (Phi) is 4.61. The zero-order valence-corrected chi connectivity index (χ0v) is 16.8. The summed E-state index contributed by atoms with van der Waals surface area (Å²) in [5, 5.41) is 7.36. The number of benzene rings is 1. The molecule has 1 aromatic heterocycles. The minimum atomic E-state index is -0.489. The van der Waals surface area contributed by atoms with Crippen molar-refractivity contribution in [3.05, 3.63) is 40.7 Å². The van der Waals surface area contributed by atoms with Crippen LogP contribution in [0.1, 0.15) is 47.7 Å². The van der Waals surface area contributed by atoms with Crippen molar-refractivity contribution in [1.29, 1.82) is 0 Å². The van der Waals surface area contributed by atoms with Crippen LogP contribution in [0, 0.1) is 13.8 Å². The number of hydrogen-bond donors (Lipinski definition) is 1. The fourth-order valence-corrected chi connectivity index (χ4v) is 3.98. The smallest absolute Gasteiger partial charge is 0.231 e. The number of methoxy groups -OCH3 is 1. The summed E-state index contributed by atoms with van der Waals surface area (Å²) in [5.74, 6) is 0.0800. The first kappa shape index (κ1) is 18.5. The first-order chi connectivity index (χ1) is 13.4. The van der Waals surface area contributed by atoms with Crippen LogP contribution in [-0.2, 0) is 23.2 Å². The van der Waals surface area contributed by atoms with Crippen molar-refractivity contribution in [3.63, 3.8) is 0 Å². The highest BCUT2D eigenvalue weighted by Gasteiger charge is 2.40. The first-order valence-electron chi connectivity index (χ1n) is 9.66. The van der Waals surface area contributed by atoms with Gasteiger partial charge in [0.15, 0.2) is 0 Å². The van der Waals surface area contributed by atoms with Gasteiger partial charge in [0.25, 0.3) is 0 Å². The molecule has 1 aliphatic heterocycles. The quantitative estimate of drug-likeness (QED) is 0.863. The molecule has 148 valence electrons.